The van der Waals surface area contributed by atoms with Crippen LogP contribution in [0.2, 0.25) is 0 Å². The first kappa shape index (κ1) is 25.6. The smallest absolute Gasteiger partial charge is 0.246 e. The zero-order valence-corrected chi connectivity index (χ0v) is 22.9. The molecule has 2 aliphatic heterocycles. The van der Waals surface area contributed by atoms with Crippen molar-refractivity contribution in [1.29, 1.82) is 0 Å². The van der Waals surface area contributed by atoms with Gasteiger partial charge in [-0.1, -0.05) is 24.3 Å². The van der Waals surface area contributed by atoms with Gasteiger partial charge < -0.3 is 33.7 Å². The lowest BCUT2D eigenvalue weighted by atomic mass is 9.85. The fraction of sp³-hybridized carbons (Fsp3) is 0.290. The highest BCUT2D eigenvalue weighted by Crippen LogP contribution is 2.46. The molecule has 1 saturated heterocycles. The van der Waals surface area contributed by atoms with Crippen LogP contribution in [0.25, 0.3) is 10.9 Å². The Balaban J connectivity index is 1.44. The molecule has 3 aromatic carbocycles. The number of piperazine rings is 1. The number of hydrogen-bond acceptors (Lipinski definition) is 6. The Morgan fingerprint density at radius 3 is 2.35 bits per heavy atom. The maximum Gasteiger partial charge on any atom is 0.246 e. The molecule has 2 amide bonds. The van der Waals surface area contributed by atoms with Crippen molar-refractivity contribution in [2.24, 2.45) is 0 Å². The molecule has 0 bridgehead atoms. The second-order valence-corrected chi connectivity index (χ2v) is 9.98. The number of ether oxygens (including phenoxy) is 4. The number of fused-ring (bicyclic) bond motifs is 4. The number of rotatable bonds is 7. The number of nitrogens with zero attached hydrogens (tertiary/aromatic N) is 2. The number of aromatic amines is 1. The molecule has 2 unspecified atom stereocenters. The van der Waals surface area contributed by atoms with E-state index in [0.717, 1.165) is 33.3 Å². The van der Waals surface area contributed by atoms with E-state index in [0.29, 0.717) is 29.4 Å². The van der Waals surface area contributed by atoms with E-state index in [1.807, 2.05) is 48.5 Å². The Kier molecular flexibility index (Phi) is 6.50. The summed E-state index contributed by atoms with van der Waals surface area (Å²) in [4.78, 5) is 35.0. The lowest BCUT2D eigenvalue weighted by Crippen LogP contribution is -2.62. The molecule has 9 nitrogen and oxygen atoms in total. The maximum atomic E-state index is 14.1. The van der Waals surface area contributed by atoms with Crippen molar-refractivity contribution in [2.45, 2.75) is 25.0 Å². The highest BCUT2D eigenvalue weighted by molar-refractivity contribution is 5.97. The Labute approximate surface area is 232 Å². The van der Waals surface area contributed by atoms with Crippen LogP contribution in [-0.4, -0.2) is 67.6 Å². The Hall–Kier alpha value is -4.66. The van der Waals surface area contributed by atoms with Gasteiger partial charge in [0, 0.05) is 35.1 Å². The maximum absolute atomic E-state index is 14.1. The summed E-state index contributed by atoms with van der Waals surface area (Å²) >= 11 is 0. The van der Waals surface area contributed by atoms with Crippen LogP contribution >= 0.6 is 0 Å². The molecular formula is C31H31N3O6. The predicted octanol–water partition coefficient (Wildman–Crippen LogP) is 4.09. The molecule has 3 heterocycles. The van der Waals surface area contributed by atoms with Crippen molar-refractivity contribution < 1.29 is 28.5 Å². The van der Waals surface area contributed by atoms with Gasteiger partial charge in [0.15, 0.2) is 11.5 Å². The quantitative estimate of drug-likeness (QED) is 0.379. The molecule has 1 fully saturated rings. The standard InChI is InChI=1S/C31H31N3O6/c1-37-19-10-12-25(38-2)22(14-19)30-29-21(20-7-5-6-8-23(20)32-29)15-24-31(36)33(17-28(35)34(24)30)16-18-9-11-26(39-3)27(13-18)40-4/h5-14,24,30,32H,15-17H2,1-4H3. The topological polar surface area (TPSA) is 93.3 Å². The van der Waals surface area contributed by atoms with E-state index in [-0.39, 0.29) is 24.9 Å². The van der Waals surface area contributed by atoms with E-state index >= 15 is 0 Å². The first-order valence-corrected chi connectivity index (χ1v) is 13.1. The van der Waals surface area contributed by atoms with E-state index in [1.54, 1.807) is 44.3 Å². The van der Waals surface area contributed by atoms with Crippen molar-refractivity contribution in [1.82, 2.24) is 14.8 Å². The van der Waals surface area contributed by atoms with Gasteiger partial charge in [-0.2, -0.15) is 0 Å². The van der Waals surface area contributed by atoms with E-state index in [1.165, 1.54) is 0 Å². The minimum atomic E-state index is -0.672. The zero-order valence-electron chi connectivity index (χ0n) is 22.9. The van der Waals surface area contributed by atoms with E-state index < -0.39 is 12.1 Å². The Morgan fingerprint density at radius 2 is 1.60 bits per heavy atom. The van der Waals surface area contributed by atoms with Crippen LogP contribution in [0.15, 0.2) is 60.7 Å². The van der Waals surface area contributed by atoms with Gasteiger partial charge in [-0.25, -0.2) is 0 Å². The first-order chi connectivity index (χ1) is 19.5. The van der Waals surface area contributed by atoms with E-state index in [9.17, 15) is 9.59 Å². The summed E-state index contributed by atoms with van der Waals surface area (Å²) in [6, 6.07) is 17.9. The Bertz CT molecular complexity index is 1610. The van der Waals surface area contributed by atoms with E-state index in [2.05, 4.69) is 11.1 Å². The number of carbonyl (C=O) groups is 2. The average molecular weight is 542 g/mol. The van der Waals surface area contributed by atoms with Crippen molar-refractivity contribution in [3.63, 3.8) is 0 Å². The average Bonchev–Trinajstić information content (AvgIpc) is 3.36. The van der Waals surface area contributed by atoms with Crippen LogP contribution in [0.4, 0.5) is 0 Å². The fourth-order valence-corrected chi connectivity index (χ4v) is 6.03. The summed E-state index contributed by atoms with van der Waals surface area (Å²) in [5.41, 5.74) is 4.48. The van der Waals surface area contributed by atoms with Crippen LogP contribution in [-0.2, 0) is 22.6 Å². The SMILES string of the molecule is COc1ccc(OC)c(C2c3[nH]c4ccccc4c3CC3C(=O)N(Cc4ccc(OC)c(OC)c4)CC(=O)N32)c1. The highest BCUT2D eigenvalue weighted by atomic mass is 16.5. The minimum absolute atomic E-state index is 0.0397. The number of aromatic nitrogens is 1. The van der Waals surface area contributed by atoms with Crippen LogP contribution in [0.1, 0.15) is 28.4 Å². The van der Waals surface area contributed by atoms with Crippen LogP contribution < -0.4 is 18.9 Å². The number of amides is 2. The molecule has 0 radical (unpaired) electrons. The molecule has 0 spiro atoms. The lowest BCUT2D eigenvalue weighted by Gasteiger charge is -2.47. The summed E-state index contributed by atoms with van der Waals surface area (Å²) in [6.45, 7) is 0.241. The summed E-state index contributed by atoms with van der Waals surface area (Å²) < 4.78 is 22.1. The Morgan fingerprint density at radius 1 is 0.850 bits per heavy atom. The van der Waals surface area contributed by atoms with Gasteiger partial charge in [-0.15, -0.1) is 0 Å². The molecule has 0 saturated carbocycles. The molecule has 1 aromatic heterocycles. The van der Waals surface area contributed by atoms with Crippen LogP contribution in [0, 0.1) is 0 Å². The largest absolute Gasteiger partial charge is 0.497 e. The monoisotopic (exact) mass is 541 g/mol. The summed E-state index contributed by atoms with van der Waals surface area (Å²) in [6.07, 6.45) is 0.412. The highest BCUT2D eigenvalue weighted by Gasteiger charge is 2.49. The predicted molar refractivity (Wildman–Crippen MR) is 149 cm³/mol. The molecule has 1 N–H and O–H groups in total. The number of methoxy groups -OCH3 is 4. The van der Waals surface area contributed by atoms with Crippen molar-refractivity contribution >= 4 is 22.7 Å². The van der Waals surface area contributed by atoms with Gasteiger partial charge in [0.25, 0.3) is 0 Å². The van der Waals surface area contributed by atoms with Crippen LogP contribution in [0.5, 0.6) is 23.0 Å². The molecule has 2 atom stereocenters. The molecular weight excluding hydrogens is 510 g/mol. The third kappa shape index (κ3) is 4.09. The molecule has 9 heteroatoms. The molecule has 4 aromatic rings. The van der Waals surface area contributed by atoms with Gasteiger partial charge >= 0.3 is 0 Å². The first-order valence-electron chi connectivity index (χ1n) is 13.1. The number of H-pyrrole nitrogens is 1. The molecule has 6 rings (SSSR count). The zero-order chi connectivity index (χ0) is 28.0. The number of benzene rings is 3. The summed E-state index contributed by atoms with van der Waals surface area (Å²) in [5, 5.41) is 1.04. The van der Waals surface area contributed by atoms with Gasteiger partial charge in [-0.3, -0.25) is 9.59 Å². The van der Waals surface area contributed by atoms with Crippen molar-refractivity contribution in [2.75, 3.05) is 35.0 Å². The van der Waals surface area contributed by atoms with Crippen molar-refractivity contribution in [3.8, 4) is 23.0 Å². The summed E-state index contributed by atoms with van der Waals surface area (Å²) in [5.74, 6) is 2.20. The van der Waals surface area contributed by atoms with E-state index in [4.69, 9.17) is 18.9 Å². The lowest BCUT2D eigenvalue weighted by molar-refractivity contribution is -0.159. The van der Waals surface area contributed by atoms with Gasteiger partial charge in [0.05, 0.1) is 28.4 Å². The number of nitrogens with one attached hydrogen (secondary N) is 1. The molecule has 0 aliphatic carbocycles. The van der Waals surface area contributed by atoms with Crippen LogP contribution in [0.3, 0.4) is 0 Å². The third-order valence-corrected chi connectivity index (χ3v) is 7.90. The second-order valence-electron chi connectivity index (χ2n) is 9.98. The number of carbonyl (C=O) groups excluding carboxylic acids is 2. The fourth-order valence-electron chi connectivity index (χ4n) is 6.03. The molecule has 206 valence electrons. The third-order valence-electron chi connectivity index (χ3n) is 7.90. The number of hydrogen-bond donors (Lipinski definition) is 1. The van der Waals surface area contributed by atoms with Crippen molar-refractivity contribution in [3.05, 3.63) is 83.0 Å². The molecule has 40 heavy (non-hydrogen) atoms. The second kappa shape index (κ2) is 10.1. The van der Waals surface area contributed by atoms with Gasteiger partial charge in [0.2, 0.25) is 11.8 Å². The van der Waals surface area contributed by atoms with Gasteiger partial charge in [-0.05, 0) is 47.5 Å². The summed E-state index contributed by atoms with van der Waals surface area (Å²) in [7, 11) is 6.36. The normalized spacial score (nSPS) is 18.4. The minimum Gasteiger partial charge on any atom is -0.497 e. The van der Waals surface area contributed by atoms with Gasteiger partial charge in [0.1, 0.15) is 30.1 Å². The number of para-hydroxylation sites is 1. The molecule has 2 aliphatic rings.